The molecule has 1 aromatic carbocycles. The quantitative estimate of drug-likeness (QED) is 0.429. The lowest BCUT2D eigenvalue weighted by Crippen LogP contribution is -2.41. The summed E-state index contributed by atoms with van der Waals surface area (Å²) >= 11 is 0. The van der Waals surface area contributed by atoms with Crippen LogP contribution in [0.4, 0.5) is 0 Å². The summed E-state index contributed by atoms with van der Waals surface area (Å²) in [5.74, 6) is 1.80. The number of para-hydroxylation sites is 1. The summed E-state index contributed by atoms with van der Waals surface area (Å²) < 4.78 is 11.6. The van der Waals surface area contributed by atoms with Crippen molar-refractivity contribution in [2.24, 2.45) is 4.99 Å². The second-order valence-electron chi connectivity index (χ2n) is 6.19. The zero-order valence-corrected chi connectivity index (χ0v) is 15.0. The van der Waals surface area contributed by atoms with Crippen molar-refractivity contribution in [3.05, 3.63) is 30.3 Å². The second kappa shape index (κ2) is 10.9. The highest BCUT2D eigenvalue weighted by molar-refractivity contribution is 5.79. The number of hydrogen-bond donors (Lipinski definition) is 1. The van der Waals surface area contributed by atoms with Crippen molar-refractivity contribution >= 4 is 5.96 Å². The van der Waals surface area contributed by atoms with Crippen LogP contribution < -0.4 is 10.1 Å². The van der Waals surface area contributed by atoms with Gasteiger partial charge in [-0.1, -0.05) is 31.0 Å². The number of aliphatic imine (C=N–C) groups is 1. The van der Waals surface area contributed by atoms with Crippen molar-refractivity contribution in [1.29, 1.82) is 0 Å². The molecule has 0 heterocycles. The summed E-state index contributed by atoms with van der Waals surface area (Å²) in [6.07, 6.45) is 6.63. The predicted molar refractivity (Wildman–Crippen MR) is 98.8 cm³/mol. The molecule has 1 aliphatic carbocycles. The van der Waals surface area contributed by atoms with Gasteiger partial charge in [0.2, 0.25) is 0 Å². The highest BCUT2D eigenvalue weighted by atomic mass is 16.5. The van der Waals surface area contributed by atoms with Crippen LogP contribution in [-0.2, 0) is 4.74 Å². The molecule has 24 heavy (non-hydrogen) atoms. The van der Waals surface area contributed by atoms with Crippen molar-refractivity contribution in [3.63, 3.8) is 0 Å². The van der Waals surface area contributed by atoms with Crippen molar-refractivity contribution in [1.82, 2.24) is 10.2 Å². The Kier molecular flexibility index (Phi) is 8.46. The molecule has 2 rings (SSSR count). The van der Waals surface area contributed by atoms with Crippen LogP contribution in [0, 0.1) is 0 Å². The predicted octanol–water partition coefficient (Wildman–Crippen LogP) is 2.92. The lowest BCUT2D eigenvalue weighted by molar-refractivity contribution is 0.0573. The minimum absolute atomic E-state index is 0.502. The molecule has 0 amide bonds. The van der Waals surface area contributed by atoms with Gasteiger partial charge in [-0.15, -0.1) is 0 Å². The highest BCUT2D eigenvalue weighted by Gasteiger charge is 2.14. The average Bonchev–Trinajstić information content (AvgIpc) is 3.12. The summed E-state index contributed by atoms with van der Waals surface area (Å²) in [5.41, 5.74) is 0. The van der Waals surface area contributed by atoms with Crippen LogP contribution in [0.3, 0.4) is 0 Å². The van der Waals surface area contributed by atoms with Gasteiger partial charge in [0.15, 0.2) is 5.96 Å². The molecule has 0 unspecified atom stereocenters. The number of likely N-dealkylation sites (N-methyl/N-ethyl adjacent to an activating group) is 1. The van der Waals surface area contributed by atoms with Gasteiger partial charge in [0.1, 0.15) is 12.4 Å². The van der Waals surface area contributed by atoms with Crippen LogP contribution in [-0.4, -0.2) is 57.4 Å². The van der Waals surface area contributed by atoms with E-state index in [1.165, 1.54) is 25.7 Å². The van der Waals surface area contributed by atoms with E-state index < -0.39 is 0 Å². The normalized spacial score (nSPS) is 15.5. The Morgan fingerprint density at radius 2 is 1.96 bits per heavy atom. The van der Waals surface area contributed by atoms with E-state index in [4.69, 9.17) is 9.47 Å². The fraction of sp³-hybridized carbons (Fsp3) is 0.632. The van der Waals surface area contributed by atoms with E-state index in [-0.39, 0.29) is 0 Å². The molecule has 0 saturated heterocycles. The van der Waals surface area contributed by atoms with Gasteiger partial charge in [-0.2, -0.15) is 0 Å². The van der Waals surface area contributed by atoms with Gasteiger partial charge in [0, 0.05) is 27.2 Å². The van der Waals surface area contributed by atoms with E-state index in [1.54, 1.807) is 0 Å². The number of nitrogens with one attached hydrogen (secondary N) is 1. The summed E-state index contributed by atoms with van der Waals surface area (Å²) in [6.45, 7) is 3.12. The Morgan fingerprint density at radius 1 is 1.21 bits per heavy atom. The van der Waals surface area contributed by atoms with E-state index in [0.29, 0.717) is 12.7 Å². The van der Waals surface area contributed by atoms with E-state index in [1.807, 2.05) is 44.4 Å². The van der Waals surface area contributed by atoms with Gasteiger partial charge >= 0.3 is 0 Å². The minimum Gasteiger partial charge on any atom is -0.492 e. The summed E-state index contributed by atoms with van der Waals surface area (Å²) in [7, 11) is 3.84. The van der Waals surface area contributed by atoms with Gasteiger partial charge < -0.3 is 19.7 Å². The maximum atomic E-state index is 5.88. The van der Waals surface area contributed by atoms with Crippen molar-refractivity contribution < 1.29 is 9.47 Å². The van der Waals surface area contributed by atoms with Gasteiger partial charge in [0.05, 0.1) is 12.6 Å². The molecule has 0 aromatic heterocycles. The molecule has 0 atom stereocenters. The number of benzene rings is 1. The fourth-order valence-electron chi connectivity index (χ4n) is 2.89. The van der Waals surface area contributed by atoms with Crippen LogP contribution >= 0.6 is 0 Å². The summed E-state index contributed by atoms with van der Waals surface area (Å²) in [5, 5.41) is 3.38. The molecular weight excluding hydrogens is 302 g/mol. The van der Waals surface area contributed by atoms with Gasteiger partial charge in [-0.3, -0.25) is 4.99 Å². The smallest absolute Gasteiger partial charge is 0.193 e. The fourth-order valence-corrected chi connectivity index (χ4v) is 2.89. The molecule has 1 aromatic rings. The average molecular weight is 333 g/mol. The van der Waals surface area contributed by atoms with Crippen molar-refractivity contribution in [2.75, 3.05) is 40.4 Å². The summed E-state index contributed by atoms with van der Waals surface area (Å²) in [4.78, 5) is 6.41. The molecular formula is C19H31N3O2. The van der Waals surface area contributed by atoms with Gasteiger partial charge in [0.25, 0.3) is 0 Å². The lowest BCUT2D eigenvalue weighted by atomic mass is 10.3. The maximum Gasteiger partial charge on any atom is 0.193 e. The molecule has 1 saturated carbocycles. The number of hydrogen-bond acceptors (Lipinski definition) is 3. The van der Waals surface area contributed by atoms with Gasteiger partial charge in [-0.25, -0.2) is 0 Å². The molecule has 1 fully saturated rings. The Bertz CT molecular complexity index is 473. The first kappa shape index (κ1) is 18.6. The lowest BCUT2D eigenvalue weighted by Gasteiger charge is -2.22. The van der Waals surface area contributed by atoms with Crippen LogP contribution in [0.15, 0.2) is 35.3 Å². The number of rotatable bonds is 9. The number of guanidine groups is 1. The Hall–Kier alpha value is -1.75. The third kappa shape index (κ3) is 6.79. The molecule has 5 heteroatoms. The standard InChI is InChI=1S/C19H31N3O2/c1-20-19(21-13-8-15-23-17-11-6-7-12-17)22(2)14-16-24-18-9-4-3-5-10-18/h3-5,9-10,17H,6-8,11-16H2,1-2H3,(H,20,21). The SMILES string of the molecule is CN=C(NCCCOC1CCCC1)N(C)CCOc1ccccc1. The second-order valence-corrected chi connectivity index (χ2v) is 6.19. The zero-order chi connectivity index (χ0) is 17.0. The minimum atomic E-state index is 0.502. The molecule has 0 aliphatic heterocycles. The first-order chi connectivity index (χ1) is 11.8. The Labute approximate surface area is 146 Å². The number of nitrogens with zero attached hydrogens (tertiary/aromatic N) is 2. The van der Waals surface area contributed by atoms with E-state index in [9.17, 15) is 0 Å². The van der Waals surface area contributed by atoms with Crippen molar-refractivity contribution in [3.8, 4) is 5.75 Å². The molecule has 5 nitrogen and oxygen atoms in total. The monoisotopic (exact) mass is 333 g/mol. The highest BCUT2D eigenvalue weighted by Crippen LogP contribution is 2.20. The molecule has 1 N–H and O–H groups in total. The van der Waals surface area contributed by atoms with E-state index >= 15 is 0 Å². The Morgan fingerprint density at radius 3 is 2.67 bits per heavy atom. The first-order valence-corrected chi connectivity index (χ1v) is 9.01. The molecule has 1 aliphatic rings. The van der Waals surface area contributed by atoms with Crippen LogP contribution in [0.1, 0.15) is 32.1 Å². The Balaban J connectivity index is 1.56. The third-order valence-corrected chi connectivity index (χ3v) is 4.27. The molecule has 0 radical (unpaired) electrons. The number of ether oxygens (including phenoxy) is 2. The van der Waals surface area contributed by atoms with Gasteiger partial charge in [-0.05, 0) is 31.4 Å². The largest absolute Gasteiger partial charge is 0.492 e. The molecule has 134 valence electrons. The third-order valence-electron chi connectivity index (χ3n) is 4.27. The summed E-state index contributed by atoms with van der Waals surface area (Å²) in [6, 6.07) is 9.89. The van der Waals surface area contributed by atoms with E-state index in [2.05, 4.69) is 15.2 Å². The van der Waals surface area contributed by atoms with Crippen molar-refractivity contribution in [2.45, 2.75) is 38.2 Å². The van der Waals surface area contributed by atoms with Crippen LogP contribution in [0.5, 0.6) is 5.75 Å². The van der Waals surface area contributed by atoms with Crippen LogP contribution in [0.2, 0.25) is 0 Å². The van der Waals surface area contributed by atoms with E-state index in [0.717, 1.165) is 37.8 Å². The van der Waals surface area contributed by atoms with Crippen LogP contribution in [0.25, 0.3) is 0 Å². The zero-order valence-electron chi connectivity index (χ0n) is 15.0. The topological polar surface area (TPSA) is 46.1 Å². The molecule has 0 spiro atoms. The maximum absolute atomic E-state index is 5.88. The molecule has 0 bridgehead atoms. The first-order valence-electron chi connectivity index (χ1n) is 9.01.